The molecule has 0 N–H and O–H groups in total. The van der Waals surface area contributed by atoms with Gasteiger partial charge in [0.2, 0.25) is 0 Å². The summed E-state index contributed by atoms with van der Waals surface area (Å²) in [5, 5.41) is 4.03. The summed E-state index contributed by atoms with van der Waals surface area (Å²) in [4.78, 5) is 21.9. The number of amides is 1. The van der Waals surface area contributed by atoms with Gasteiger partial charge in [-0.1, -0.05) is 6.92 Å². The van der Waals surface area contributed by atoms with E-state index in [0.29, 0.717) is 24.2 Å². The summed E-state index contributed by atoms with van der Waals surface area (Å²) in [5.41, 5.74) is -1.93. The van der Waals surface area contributed by atoms with Gasteiger partial charge in [-0.3, -0.25) is 4.79 Å². The lowest BCUT2D eigenvalue weighted by molar-refractivity contribution is -0.140. The molecule has 3 heterocycles. The van der Waals surface area contributed by atoms with E-state index in [9.17, 15) is 31.1 Å². The average molecular weight is 457 g/mol. The van der Waals surface area contributed by atoms with Gasteiger partial charge >= 0.3 is 6.18 Å². The van der Waals surface area contributed by atoms with Crippen LogP contribution in [0.5, 0.6) is 0 Å². The molecule has 1 saturated heterocycles. The lowest BCUT2D eigenvalue weighted by Crippen LogP contribution is -2.42. The van der Waals surface area contributed by atoms with Gasteiger partial charge in [0.15, 0.2) is 0 Å². The van der Waals surface area contributed by atoms with E-state index in [1.54, 1.807) is 0 Å². The SMILES string of the molecule is C[C@@H]1CCN(C(=O)c2ccc(F)c(C(F)(F)F)c2)C[C@H]1c1cc(C(F)F)nc2ncnn12. The smallest absolute Gasteiger partial charge is 0.338 e. The summed E-state index contributed by atoms with van der Waals surface area (Å²) in [6.45, 7) is 2.19. The highest BCUT2D eigenvalue weighted by atomic mass is 19.4. The monoisotopic (exact) mass is 457 g/mol. The topological polar surface area (TPSA) is 63.4 Å². The van der Waals surface area contributed by atoms with E-state index in [2.05, 4.69) is 15.1 Å². The van der Waals surface area contributed by atoms with E-state index in [0.717, 1.165) is 6.07 Å². The minimum absolute atomic E-state index is 0.0122. The fourth-order valence-electron chi connectivity index (χ4n) is 3.93. The van der Waals surface area contributed by atoms with Crippen molar-refractivity contribution in [1.29, 1.82) is 0 Å². The van der Waals surface area contributed by atoms with Crippen LogP contribution >= 0.6 is 0 Å². The van der Waals surface area contributed by atoms with Crippen LogP contribution in [0.25, 0.3) is 5.78 Å². The number of halogens is 6. The molecule has 1 aliphatic rings. The zero-order valence-electron chi connectivity index (χ0n) is 16.7. The summed E-state index contributed by atoms with van der Waals surface area (Å²) < 4.78 is 80.7. The van der Waals surface area contributed by atoms with Crippen LogP contribution in [0.2, 0.25) is 0 Å². The Bertz CT molecular complexity index is 1160. The number of hydrogen-bond donors (Lipinski definition) is 0. The van der Waals surface area contributed by atoms with Crippen molar-refractivity contribution < 1.29 is 31.1 Å². The summed E-state index contributed by atoms with van der Waals surface area (Å²) in [6, 6.07) is 3.30. The number of carbonyl (C=O) groups excluding carboxylic acids is 1. The first-order valence-corrected chi connectivity index (χ1v) is 9.71. The second-order valence-corrected chi connectivity index (χ2v) is 7.69. The molecule has 170 valence electrons. The van der Waals surface area contributed by atoms with Gasteiger partial charge in [-0.05, 0) is 36.6 Å². The van der Waals surface area contributed by atoms with E-state index in [4.69, 9.17) is 0 Å². The minimum atomic E-state index is -4.94. The third-order valence-electron chi connectivity index (χ3n) is 5.67. The number of hydrogen-bond acceptors (Lipinski definition) is 4. The molecule has 12 heteroatoms. The van der Waals surface area contributed by atoms with Crippen LogP contribution in [0.15, 0.2) is 30.6 Å². The van der Waals surface area contributed by atoms with Gasteiger partial charge < -0.3 is 4.90 Å². The fraction of sp³-hybridized carbons (Fsp3) is 0.400. The Balaban J connectivity index is 1.67. The second-order valence-electron chi connectivity index (χ2n) is 7.69. The second kappa shape index (κ2) is 8.06. The van der Waals surface area contributed by atoms with Crippen molar-refractivity contribution in [3.8, 4) is 0 Å². The molecule has 0 aliphatic carbocycles. The molecule has 2 atom stereocenters. The quantitative estimate of drug-likeness (QED) is 0.544. The van der Waals surface area contributed by atoms with Crippen molar-refractivity contribution in [3.05, 3.63) is 58.9 Å². The normalized spacial score (nSPS) is 19.7. The largest absolute Gasteiger partial charge is 0.419 e. The molecule has 1 aromatic carbocycles. The van der Waals surface area contributed by atoms with Gasteiger partial charge in [-0.15, -0.1) is 0 Å². The van der Waals surface area contributed by atoms with Crippen molar-refractivity contribution in [2.45, 2.75) is 31.9 Å². The first-order valence-electron chi connectivity index (χ1n) is 9.71. The van der Waals surface area contributed by atoms with Crippen LogP contribution in [-0.2, 0) is 6.18 Å². The predicted molar refractivity (Wildman–Crippen MR) is 99.6 cm³/mol. The van der Waals surface area contributed by atoms with Crippen molar-refractivity contribution in [2.24, 2.45) is 5.92 Å². The van der Waals surface area contributed by atoms with Gasteiger partial charge in [-0.25, -0.2) is 22.7 Å². The van der Waals surface area contributed by atoms with E-state index in [1.807, 2.05) is 6.92 Å². The van der Waals surface area contributed by atoms with E-state index < -0.39 is 41.5 Å². The molecule has 4 rings (SSSR count). The Kier molecular flexibility index (Phi) is 5.55. The highest BCUT2D eigenvalue weighted by Crippen LogP contribution is 2.35. The zero-order valence-corrected chi connectivity index (χ0v) is 16.7. The van der Waals surface area contributed by atoms with Crippen LogP contribution in [0.4, 0.5) is 26.3 Å². The number of alkyl halides is 5. The van der Waals surface area contributed by atoms with Crippen LogP contribution in [0.3, 0.4) is 0 Å². The first-order chi connectivity index (χ1) is 15.1. The molecule has 1 fully saturated rings. The summed E-state index contributed by atoms with van der Waals surface area (Å²) in [6.07, 6.45) is -6.13. The number of aromatic nitrogens is 4. The molecule has 0 unspecified atom stereocenters. The summed E-state index contributed by atoms with van der Waals surface area (Å²) in [5.74, 6) is -2.67. The van der Waals surface area contributed by atoms with Crippen LogP contribution in [0, 0.1) is 11.7 Å². The molecular weight excluding hydrogens is 440 g/mol. The number of fused-ring (bicyclic) bond motifs is 1. The molecule has 0 radical (unpaired) electrons. The highest BCUT2D eigenvalue weighted by Gasteiger charge is 2.37. The Hall–Kier alpha value is -3.18. The molecule has 6 nitrogen and oxygen atoms in total. The maximum absolute atomic E-state index is 13.6. The fourth-order valence-corrected chi connectivity index (χ4v) is 3.93. The maximum atomic E-state index is 13.6. The minimum Gasteiger partial charge on any atom is -0.338 e. The highest BCUT2D eigenvalue weighted by molar-refractivity contribution is 5.94. The number of nitrogens with zero attached hydrogens (tertiary/aromatic N) is 5. The van der Waals surface area contributed by atoms with Gasteiger partial charge in [0.25, 0.3) is 18.1 Å². The lowest BCUT2D eigenvalue weighted by Gasteiger charge is -2.37. The Morgan fingerprint density at radius 1 is 1.22 bits per heavy atom. The van der Waals surface area contributed by atoms with Crippen molar-refractivity contribution in [2.75, 3.05) is 13.1 Å². The predicted octanol–water partition coefficient (Wildman–Crippen LogP) is 4.49. The van der Waals surface area contributed by atoms with Crippen molar-refractivity contribution in [3.63, 3.8) is 0 Å². The van der Waals surface area contributed by atoms with Crippen LogP contribution in [0.1, 0.15) is 53.0 Å². The van der Waals surface area contributed by atoms with E-state index >= 15 is 0 Å². The Labute approximate surface area is 177 Å². The molecule has 0 saturated carbocycles. The molecule has 3 aromatic rings. The van der Waals surface area contributed by atoms with Gasteiger partial charge in [0.05, 0.1) is 11.3 Å². The lowest BCUT2D eigenvalue weighted by atomic mass is 9.84. The third kappa shape index (κ3) is 4.00. The number of piperidine rings is 1. The average Bonchev–Trinajstić information content (AvgIpc) is 3.21. The van der Waals surface area contributed by atoms with Gasteiger partial charge in [0, 0.05) is 24.6 Å². The molecule has 0 spiro atoms. The molecule has 1 amide bonds. The van der Waals surface area contributed by atoms with Crippen LogP contribution < -0.4 is 0 Å². The van der Waals surface area contributed by atoms with E-state index in [1.165, 1.54) is 21.8 Å². The van der Waals surface area contributed by atoms with Crippen LogP contribution in [-0.4, -0.2) is 43.5 Å². The molecule has 0 bridgehead atoms. The van der Waals surface area contributed by atoms with Crippen molar-refractivity contribution >= 4 is 11.7 Å². The number of likely N-dealkylation sites (tertiary alicyclic amines) is 1. The van der Waals surface area contributed by atoms with Gasteiger partial charge in [-0.2, -0.15) is 23.3 Å². The summed E-state index contributed by atoms with van der Waals surface area (Å²) in [7, 11) is 0. The molecular formula is C20H17F6N5O. The number of rotatable bonds is 3. The molecule has 32 heavy (non-hydrogen) atoms. The van der Waals surface area contributed by atoms with Gasteiger partial charge in [0.1, 0.15) is 17.8 Å². The number of benzene rings is 1. The maximum Gasteiger partial charge on any atom is 0.419 e. The third-order valence-corrected chi connectivity index (χ3v) is 5.67. The zero-order chi connectivity index (χ0) is 23.2. The van der Waals surface area contributed by atoms with Crippen molar-refractivity contribution in [1.82, 2.24) is 24.5 Å². The van der Waals surface area contributed by atoms with E-state index in [-0.39, 0.29) is 30.3 Å². The first kappa shape index (κ1) is 22.0. The molecule has 2 aromatic heterocycles. The summed E-state index contributed by atoms with van der Waals surface area (Å²) >= 11 is 0. The number of carbonyl (C=O) groups is 1. The Morgan fingerprint density at radius 3 is 2.66 bits per heavy atom. The standard InChI is InChI=1S/C20H17F6N5O/c1-10-4-5-30(18(32)11-2-3-14(21)13(6-11)20(24,25)26)8-12(10)16-7-15(17(22)23)29-19-27-9-28-31(16)19/h2-3,6-7,9-10,12,17H,4-5,8H2,1H3/t10-,12-/m1/s1. The Morgan fingerprint density at radius 2 is 1.97 bits per heavy atom. The molecule has 1 aliphatic heterocycles.